The van der Waals surface area contributed by atoms with Gasteiger partial charge in [0, 0.05) is 18.0 Å². The van der Waals surface area contributed by atoms with Gasteiger partial charge in [0.1, 0.15) is 0 Å². The summed E-state index contributed by atoms with van der Waals surface area (Å²) >= 11 is 0. The van der Waals surface area contributed by atoms with E-state index in [0.717, 1.165) is 16.7 Å². The molecule has 1 N–H and O–H groups in total. The van der Waals surface area contributed by atoms with Crippen molar-refractivity contribution in [3.8, 4) is 11.5 Å². The Balaban J connectivity index is 1.68. The van der Waals surface area contributed by atoms with Gasteiger partial charge >= 0.3 is 6.01 Å². The summed E-state index contributed by atoms with van der Waals surface area (Å²) < 4.78 is 5.45. The normalized spacial score (nSPS) is 10.5. The van der Waals surface area contributed by atoms with Crippen molar-refractivity contribution >= 4 is 11.9 Å². The first kappa shape index (κ1) is 14.9. The molecule has 0 saturated carbocycles. The molecule has 0 unspecified atom stereocenters. The van der Waals surface area contributed by atoms with Crippen molar-refractivity contribution in [2.24, 2.45) is 0 Å². The highest BCUT2D eigenvalue weighted by Gasteiger charge is 2.12. The van der Waals surface area contributed by atoms with Crippen LogP contribution in [-0.4, -0.2) is 21.1 Å². The van der Waals surface area contributed by atoms with Crippen LogP contribution in [0.5, 0.6) is 0 Å². The minimum Gasteiger partial charge on any atom is -0.403 e. The van der Waals surface area contributed by atoms with E-state index in [9.17, 15) is 4.79 Å². The van der Waals surface area contributed by atoms with Gasteiger partial charge in [0.15, 0.2) is 0 Å². The van der Waals surface area contributed by atoms with Crippen molar-refractivity contribution in [3.05, 3.63) is 59.4 Å². The number of aromatic nitrogens is 3. The van der Waals surface area contributed by atoms with Gasteiger partial charge < -0.3 is 4.42 Å². The van der Waals surface area contributed by atoms with Crippen molar-refractivity contribution in [2.75, 3.05) is 5.32 Å². The van der Waals surface area contributed by atoms with Crippen LogP contribution in [0.25, 0.3) is 11.5 Å². The zero-order valence-corrected chi connectivity index (χ0v) is 12.9. The fourth-order valence-corrected chi connectivity index (χ4v) is 2.27. The second kappa shape index (κ2) is 6.39. The van der Waals surface area contributed by atoms with Crippen LogP contribution < -0.4 is 5.32 Å². The Bertz CT molecular complexity index is 828. The topological polar surface area (TPSA) is 80.9 Å². The molecule has 0 fully saturated rings. The van der Waals surface area contributed by atoms with E-state index in [-0.39, 0.29) is 18.3 Å². The highest BCUT2D eigenvalue weighted by molar-refractivity contribution is 5.90. The quantitative estimate of drug-likeness (QED) is 0.801. The number of benzene rings is 1. The fourth-order valence-electron chi connectivity index (χ4n) is 2.27. The molecule has 0 bridgehead atoms. The van der Waals surface area contributed by atoms with Crippen LogP contribution in [0, 0.1) is 13.8 Å². The molecular weight excluding hydrogens is 292 g/mol. The van der Waals surface area contributed by atoms with E-state index >= 15 is 0 Å². The van der Waals surface area contributed by atoms with E-state index < -0.39 is 0 Å². The summed E-state index contributed by atoms with van der Waals surface area (Å²) in [5.74, 6) is 0.149. The average molecular weight is 308 g/mol. The van der Waals surface area contributed by atoms with Gasteiger partial charge in [0.2, 0.25) is 11.8 Å². The van der Waals surface area contributed by atoms with E-state index in [4.69, 9.17) is 4.42 Å². The van der Waals surface area contributed by atoms with Gasteiger partial charge in [-0.3, -0.25) is 15.1 Å². The van der Waals surface area contributed by atoms with Crippen molar-refractivity contribution in [1.29, 1.82) is 0 Å². The summed E-state index contributed by atoms with van der Waals surface area (Å²) in [6, 6.07) is 9.61. The summed E-state index contributed by atoms with van der Waals surface area (Å²) in [6.07, 6.45) is 3.54. The van der Waals surface area contributed by atoms with Crippen LogP contribution in [0.4, 0.5) is 6.01 Å². The third-order valence-electron chi connectivity index (χ3n) is 3.45. The molecule has 116 valence electrons. The lowest BCUT2D eigenvalue weighted by Crippen LogP contribution is -2.15. The smallest absolute Gasteiger partial charge is 0.322 e. The Labute approximate surface area is 133 Å². The van der Waals surface area contributed by atoms with E-state index in [1.807, 2.05) is 26.0 Å². The van der Waals surface area contributed by atoms with Crippen LogP contribution in [0.15, 0.2) is 47.1 Å². The number of nitrogens with one attached hydrogen (secondary N) is 1. The molecule has 1 aromatic carbocycles. The Kier molecular flexibility index (Phi) is 4.14. The van der Waals surface area contributed by atoms with E-state index in [2.05, 4.69) is 26.6 Å². The number of carbonyl (C=O) groups is 1. The number of hydrogen-bond donors (Lipinski definition) is 1. The van der Waals surface area contributed by atoms with Crippen LogP contribution >= 0.6 is 0 Å². The third-order valence-corrected chi connectivity index (χ3v) is 3.45. The summed E-state index contributed by atoms with van der Waals surface area (Å²) in [5, 5.41) is 10.4. The van der Waals surface area contributed by atoms with Crippen LogP contribution in [0.2, 0.25) is 0 Å². The number of anilines is 1. The van der Waals surface area contributed by atoms with Gasteiger partial charge in [0.05, 0.1) is 6.42 Å². The van der Waals surface area contributed by atoms with E-state index in [1.54, 1.807) is 24.5 Å². The molecule has 2 aromatic heterocycles. The Morgan fingerprint density at radius 3 is 2.65 bits per heavy atom. The molecule has 6 heteroatoms. The van der Waals surface area contributed by atoms with Crippen LogP contribution in [0.1, 0.15) is 16.7 Å². The lowest BCUT2D eigenvalue weighted by atomic mass is 10.0. The zero-order valence-electron chi connectivity index (χ0n) is 12.9. The molecule has 1 amide bonds. The SMILES string of the molecule is Cc1ccc(CC(=O)Nc2nnc(-c3ccncc3)o2)c(C)c1. The minimum atomic E-state index is -0.193. The molecule has 0 aliphatic rings. The molecule has 3 aromatic rings. The maximum Gasteiger partial charge on any atom is 0.322 e. The van der Waals surface area contributed by atoms with Crippen molar-refractivity contribution in [1.82, 2.24) is 15.2 Å². The predicted molar refractivity (Wildman–Crippen MR) is 85.8 cm³/mol. The van der Waals surface area contributed by atoms with Gasteiger partial charge in [-0.15, -0.1) is 5.10 Å². The maximum absolute atomic E-state index is 12.1. The third kappa shape index (κ3) is 3.60. The second-order valence-electron chi connectivity index (χ2n) is 5.30. The molecule has 23 heavy (non-hydrogen) atoms. The molecule has 0 aliphatic heterocycles. The molecule has 0 saturated heterocycles. The number of nitrogens with zero attached hydrogens (tertiary/aromatic N) is 3. The maximum atomic E-state index is 12.1. The standard InChI is InChI=1S/C17H16N4O2/c1-11-3-4-14(12(2)9-11)10-15(22)19-17-21-20-16(23-17)13-5-7-18-8-6-13/h3-9H,10H2,1-2H3,(H,19,21,22). The highest BCUT2D eigenvalue weighted by Crippen LogP contribution is 2.19. The number of pyridine rings is 1. The molecule has 0 atom stereocenters. The largest absolute Gasteiger partial charge is 0.403 e. The van der Waals surface area contributed by atoms with Crippen LogP contribution in [-0.2, 0) is 11.2 Å². The summed E-state index contributed by atoms with van der Waals surface area (Å²) in [5.41, 5.74) is 3.98. The van der Waals surface area contributed by atoms with Crippen molar-refractivity contribution in [3.63, 3.8) is 0 Å². The number of aryl methyl sites for hydroxylation is 2. The number of rotatable bonds is 4. The molecule has 2 heterocycles. The molecule has 6 nitrogen and oxygen atoms in total. The summed E-state index contributed by atoms with van der Waals surface area (Å²) in [6.45, 7) is 4.01. The van der Waals surface area contributed by atoms with Gasteiger partial charge in [-0.2, -0.15) is 0 Å². The van der Waals surface area contributed by atoms with Gasteiger partial charge in [-0.25, -0.2) is 0 Å². The lowest BCUT2D eigenvalue weighted by molar-refractivity contribution is -0.115. The van der Waals surface area contributed by atoms with Crippen LogP contribution in [0.3, 0.4) is 0 Å². The predicted octanol–water partition coefficient (Wildman–Crippen LogP) is 2.93. The molecule has 3 rings (SSSR count). The zero-order chi connectivity index (χ0) is 16.2. The van der Waals surface area contributed by atoms with Gasteiger partial charge in [-0.1, -0.05) is 28.9 Å². The summed E-state index contributed by atoms with van der Waals surface area (Å²) in [4.78, 5) is 16.0. The number of amides is 1. The monoisotopic (exact) mass is 308 g/mol. The van der Waals surface area contributed by atoms with Gasteiger partial charge in [-0.05, 0) is 37.1 Å². The van der Waals surface area contributed by atoms with Crippen molar-refractivity contribution in [2.45, 2.75) is 20.3 Å². The lowest BCUT2D eigenvalue weighted by Gasteiger charge is -2.06. The Morgan fingerprint density at radius 2 is 1.91 bits per heavy atom. The van der Waals surface area contributed by atoms with E-state index in [1.165, 1.54) is 5.56 Å². The average Bonchev–Trinajstić information content (AvgIpc) is 2.99. The van der Waals surface area contributed by atoms with Crippen molar-refractivity contribution < 1.29 is 9.21 Å². The first-order valence-electron chi connectivity index (χ1n) is 7.22. The van der Waals surface area contributed by atoms with E-state index in [0.29, 0.717) is 5.89 Å². The molecule has 0 radical (unpaired) electrons. The molecule has 0 spiro atoms. The fraction of sp³-hybridized carbons (Fsp3) is 0.176. The molecular formula is C17H16N4O2. The minimum absolute atomic E-state index is 0.0894. The molecule has 0 aliphatic carbocycles. The number of hydrogen-bond acceptors (Lipinski definition) is 5. The first-order chi connectivity index (χ1) is 11.1. The Hall–Kier alpha value is -3.02. The number of carbonyl (C=O) groups excluding carboxylic acids is 1. The van der Waals surface area contributed by atoms with Gasteiger partial charge in [0.25, 0.3) is 0 Å². The Morgan fingerprint density at radius 1 is 1.13 bits per heavy atom. The second-order valence-corrected chi connectivity index (χ2v) is 5.30. The first-order valence-corrected chi connectivity index (χ1v) is 7.22. The summed E-state index contributed by atoms with van der Waals surface area (Å²) in [7, 11) is 0. The highest BCUT2D eigenvalue weighted by atomic mass is 16.4.